The van der Waals surface area contributed by atoms with E-state index in [1.54, 1.807) is 11.1 Å². The van der Waals surface area contributed by atoms with Gasteiger partial charge in [0.25, 0.3) is 0 Å². The first kappa shape index (κ1) is 13.1. The van der Waals surface area contributed by atoms with Crippen LogP contribution in [0.25, 0.3) is 0 Å². The van der Waals surface area contributed by atoms with Crippen LogP contribution in [0.2, 0.25) is 0 Å². The average molecular weight is 258 g/mol. The Kier molecular flexibility index (Phi) is 3.90. The van der Waals surface area contributed by atoms with Gasteiger partial charge in [0.1, 0.15) is 0 Å². The largest absolute Gasteiger partial charge is 0.316 e. The van der Waals surface area contributed by atoms with Gasteiger partial charge in [0.15, 0.2) is 0 Å². The summed E-state index contributed by atoms with van der Waals surface area (Å²) >= 11 is 0. The van der Waals surface area contributed by atoms with Crippen LogP contribution in [0.1, 0.15) is 30.9 Å². The fraction of sp³-hybridized carbons (Fsp3) is 0.647. The van der Waals surface area contributed by atoms with Crippen LogP contribution >= 0.6 is 0 Å². The summed E-state index contributed by atoms with van der Waals surface area (Å²) in [5.74, 6) is 0. The number of rotatable bonds is 2. The number of hydrogen-bond donors (Lipinski definition) is 1. The highest BCUT2D eigenvalue weighted by Crippen LogP contribution is 2.27. The highest BCUT2D eigenvalue weighted by atomic mass is 15.1. The van der Waals surface area contributed by atoms with Crippen LogP contribution in [0.5, 0.6) is 0 Å². The smallest absolute Gasteiger partial charge is 0.00477 e. The van der Waals surface area contributed by atoms with Gasteiger partial charge in [0, 0.05) is 26.2 Å². The number of nitrogens with one attached hydrogen (secondary N) is 1. The Morgan fingerprint density at radius 3 is 2.42 bits per heavy atom. The zero-order valence-corrected chi connectivity index (χ0v) is 12.1. The molecule has 2 heterocycles. The van der Waals surface area contributed by atoms with Gasteiger partial charge in [-0.15, -0.1) is 0 Å². The molecular formula is C17H26N2. The summed E-state index contributed by atoms with van der Waals surface area (Å²) in [6, 6.07) is 8.98. The van der Waals surface area contributed by atoms with Gasteiger partial charge in [-0.2, -0.15) is 0 Å². The lowest BCUT2D eigenvalue weighted by molar-refractivity contribution is 0.136. The predicted molar refractivity (Wildman–Crippen MR) is 80.5 cm³/mol. The van der Waals surface area contributed by atoms with Crippen molar-refractivity contribution in [2.45, 2.75) is 32.6 Å². The summed E-state index contributed by atoms with van der Waals surface area (Å²) in [4.78, 5) is 2.69. The standard InChI is InChI=1S/C17H26N2/c1-17(9-4-10-18-13-17)14-19-11-7-15-5-2-3-6-16(15)8-12-19/h2-3,5-6,18H,4,7-14H2,1H3. The van der Waals surface area contributed by atoms with E-state index in [1.807, 2.05) is 0 Å². The van der Waals surface area contributed by atoms with Crippen LogP contribution in [-0.4, -0.2) is 37.6 Å². The van der Waals surface area contributed by atoms with E-state index in [-0.39, 0.29) is 0 Å². The molecule has 2 heteroatoms. The monoisotopic (exact) mass is 258 g/mol. The Bertz CT molecular complexity index is 394. The lowest BCUT2D eigenvalue weighted by atomic mass is 9.82. The molecule has 2 aliphatic heterocycles. The van der Waals surface area contributed by atoms with Crippen LogP contribution < -0.4 is 5.32 Å². The average Bonchev–Trinajstić information content (AvgIpc) is 2.62. The van der Waals surface area contributed by atoms with Crippen molar-refractivity contribution < 1.29 is 0 Å². The Morgan fingerprint density at radius 2 is 1.84 bits per heavy atom. The van der Waals surface area contributed by atoms with Gasteiger partial charge in [0.05, 0.1) is 0 Å². The molecule has 1 fully saturated rings. The first-order valence-electron chi connectivity index (χ1n) is 7.75. The number of fused-ring (bicyclic) bond motifs is 1. The second-order valence-electron chi connectivity index (χ2n) is 6.64. The molecule has 104 valence electrons. The van der Waals surface area contributed by atoms with Crippen LogP contribution in [0, 0.1) is 5.41 Å². The molecule has 1 saturated heterocycles. The van der Waals surface area contributed by atoms with Crippen molar-refractivity contribution in [1.29, 1.82) is 0 Å². The van der Waals surface area contributed by atoms with Crippen molar-refractivity contribution in [1.82, 2.24) is 10.2 Å². The normalized spacial score (nSPS) is 28.7. The van der Waals surface area contributed by atoms with E-state index in [0.29, 0.717) is 5.41 Å². The van der Waals surface area contributed by atoms with Crippen LogP contribution in [0.4, 0.5) is 0 Å². The summed E-state index contributed by atoms with van der Waals surface area (Å²) in [5, 5.41) is 3.57. The molecule has 0 saturated carbocycles. The highest BCUT2D eigenvalue weighted by Gasteiger charge is 2.29. The second kappa shape index (κ2) is 5.64. The minimum Gasteiger partial charge on any atom is -0.316 e. The van der Waals surface area contributed by atoms with Crippen molar-refractivity contribution >= 4 is 0 Å². The first-order valence-corrected chi connectivity index (χ1v) is 7.75. The Morgan fingerprint density at radius 1 is 1.16 bits per heavy atom. The molecule has 0 radical (unpaired) electrons. The number of piperidine rings is 1. The third-order valence-electron chi connectivity index (χ3n) is 4.80. The fourth-order valence-corrected chi connectivity index (χ4v) is 3.67. The molecule has 1 aromatic rings. The molecule has 1 atom stereocenters. The molecule has 0 aliphatic carbocycles. The van der Waals surface area contributed by atoms with Crippen molar-refractivity contribution in [3.63, 3.8) is 0 Å². The lowest BCUT2D eigenvalue weighted by Crippen LogP contribution is -2.46. The minimum absolute atomic E-state index is 0.481. The van der Waals surface area contributed by atoms with E-state index in [2.05, 4.69) is 41.4 Å². The number of benzene rings is 1. The second-order valence-corrected chi connectivity index (χ2v) is 6.64. The van der Waals surface area contributed by atoms with Crippen molar-refractivity contribution in [2.75, 3.05) is 32.7 Å². The Balaban J connectivity index is 1.62. The van der Waals surface area contributed by atoms with E-state index < -0.39 is 0 Å². The maximum atomic E-state index is 3.57. The van der Waals surface area contributed by atoms with Gasteiger partial charge in [-0.25, -0.2) is 0 Å². The fourth-order valence-electron chi connectivity index (χ4n) is 3.67. The molecule has 1 aromatic carbocycles. The maximum Gasteiger partial charge on any atom is 0.00477 e. The summed E-state index contributed by atoms with van der Waals surface area (Å²) in [5.41, 5.74) is 3.61. The van der Waals surface area contributed by atoms with Crippen LogP contribution in [0.3, 0.4) is 0 Å². The highest BCUT2D eigenvalue weighted by molar-refractivity contribution is 5.28. The molecule has 1 unspecified atom stereocenters. The molecule has 0 aromatic heterocycles. The molecule has 2 aliphatic rings. The summed E-state index contributed by atoms with van der Waals surface area (Å²) in [6.07, 6.45) is 5.16. The summed E-state index contributed by atoms with van der Waals surface area (Å²) < 4.78 is 0. The van der Waals surface area contributed by atoms with Crippen molar-refractivity contribution in [3.8, 4) is 0 Å². The Hall–Kier alpha value is -0.860. The molecule has 2 nitrogen and oxygen atoms in total. The van der Waals surface area contributed by atoms with Gasteiger partial charge in [0.2, 0.25) is 0 Å². The van der Waals surface area contributed by atoms with Gasteiger partial charge < -0.3 is 10.2 Å². The Labute approximate surface area is 117 Å². The molecular weight excluding hydrogens is 232 g/mol. The van der Waals surface area contributed by atoms with E-state index in [0.717, 1.165) is 0 Å². The van der Waals surface area contributed by atoms with E-state index in [1.165, 1.54) is 58.4 Å². The van der Waals surface area contributed by atoms with Gasteiger partial charge in [-0.1, -0.05) is 31.2 Å². The van der Waals surface area contributed by atoms with Crippen LogP contribution in [0.15, 0.2) is 24.3 Å². The third kappa shape index (κ3) is 3.18. The predicted octanol–water partition coefficient (Wildman–Crippen LogP) is 2.48. The number of hydrogen-bond acceptors (Lipinski definition) is 2. The molecule has 3 rings (SSSR count). The maximum absolute atomic E-state index is 3.57. The van der Waals surface area contributed by atoms with Gasteiger partial charge in [-0.3, -0.25) is 0 Å². The third-order valence-corrected chi connectivity index (χ3v) is 4.80. The molecule has 0 amide bonds. The molecule has 19 heavy (non-hydrogen) atoms. The van der Waals surface area contributed by atoms with E-state index in [9.17, 15) is 0 Å². The number of nitrogens with zero attached hydrogens (tertiary/aromatic N) is 1. The van der Waals surface area contributed by atoms with Crippen molar-refractivity contribution in [2.24, 2.45) is 5.41 Å². The van der Waals surface area contributed by atoms with Gasteiger partial charge >= 0.3 is 0 Å². The topological polar surface area (TPSA) is 15.3 Å². The van der Waals surface area contributed by atoms with Crippen molar-refractivity contribution in [3.05, 3.63) is 35.4 Å². The zero-order chi connectivity index (χ0) is 13.1. The molecule has 0 spiro atoms. The van der Waals surface area contributed by atoms with E-state index >= 15 is 0 Å². The summed E-state index contributed by atoms with van der Waals surface area (Å²) in [7, 11) is 0. The minimum atomic E-state index is 0.481. The van der Waals surface area contributed by atoms with Crippen LogP contribution in [-0.2, 0) is 12.8 Å². The van der Waals surface area contributed by atoms with Gasteiger partial charge in [-0.05, 0) is 48.8 Å². The summed E-state index contributed by atoms with van der Waals surface area (Å²) in [6.45, 7) is 8.57. The van der Waals surface area contributed by atoms with E-state index in [4.69, 9.17) is 0 Å². The molecule has 0 bridgehead atoms. The lowest BCUT2D eigenvalue weighted by Gasteiger charge is -2.38. The quantitative estimate of drug-likeness (QED) is 0.877. The first-order chi connectivity index (χ1) is 9.25. The zero-order valence-electron chi connectivity index (χ0n) is 12.1. The molecule has 1 N–H and O–H groups in total. The SMILES string of the molecule is CC1(CN2CCc3ccccc3CC2)CCCNC1.